The third-order valence-corrected chi connectivity index (χ3v) is 6.05. The van der Waals surface area contributed by atoms with Crippen molar-refractivity contribution in [3.05, 3.63) is 39.9 Å². The molecule has 1 unspecified atom stereocenters. The number of likely N-dealkylation sites (N-methyl/N-ethyl adjacent to an activating group) is 1. The van der Waals surface area contributed by atoms with E-state index in [1.807, 2.05) is 4.90 Å². The number of amides is 1. The predicted octanol–water partition coefficient (Wildman–Crippen LogP) is 2.13. The van der Waals surface area contributed by atoms with Crippen molar-refractivity contribution in [2.45, 2.75) is 51.6 Å². The van der Waals surface area contributed by atoms with Crippen LogP contribution in [-0.4, -0.2) is 71.9 Å². The van der Waals surface area contributed by atoms with E-state index in [0.29, 0.717) is 19.0 Å². The maximum absolute atomic E-state index is 11.8. The van der Waals surface area contributed by atoms with Crippen molar-refractivity contribution in [1.82, 2.24) is 20.4 Å². The lowest BCUT2D eigenvalue weighted by Crippen LogP contribution is -2.45. The molecule has 3 rings (SSSR count). The van der Waals surface area contributed by atoms with Crippen LogP contribution < -0.4 is 10.6 Å². The molecule has 2 heterocycles. The van der Waals surface area contributed by atoms with E-state index in [1.54, 1.807) is 12.1 Å². The molecule has 1 atom stereocenters. The summed E-state index contributed by atoms with van der Waals surface area (Å²) in [4.78, 5) is 31.3. The van der Waals surface area contributed by atoms with E-state index >= 15 is 0 Å². The summed E-state index contributed by atoms with van der Waals surface area (Å²) >= 11 is 0. The van der Waals surface area contributed by atoms with Crippen molar-refractivity contribution in [1.29, 1.82) is 0 Å². The van der Waals surface area contributed by atoms with E-state index in [0.717, 1.165) is 63.6 Å². The number of nitro groups is 1. The van der Waals surface area contributed by atoms with E-state index < -0.39 is 4.92 Å². The van der Waals surface area contributed by atoms with Gasteiger partial charge in [0.1, 0.15) is 0 Å². The van der Waals surface area contributed by atoms with Gasteiger partial charge in [-0.3, -0.25) is 19.8 Å². The number of aliphatic imine (C=N–C) groups is 1. The first-order valence-corrected chi connectivity index (χ1v) is 11.3. The SMILES string of the molecule is CCN1CCCC1CNC(=NCc1ccc([N+](=O)[O-])cc1)NCCCN1CCCC1=O. The second kappa shape index (κ2) is 11.6. The van der Waals surface area contributed by atoms with E-state index in [1.165, 1.54) is 25.0 Å². The number of benzene rings is 1. The van der Waals surface area contributed by atoms with E-state index in [2.05, 4.69) is 22.5 Å². The molecular formula is C22H34N6O3. The standard InChI is InChI=1S/C22H34N6O3/c1-2-26-13-3-6-20(26)17-25-22(23-12-5-15-27-14-4-7-21(27)29)24-16-18-8-10-19(11-9-18)28(30)31/h8-11,20H,2-7,12-17H2,1H3,(H2,23,24,25). The number of guanidine groups is 1. The molecule has 2 fully saturated rings. The normalized spacial score (nSPS) is 19.8. The fraction of sp³-hybridized carbons (Fsp3) is 0.636. The highest BCUT2D eigenvalue weighted by atomic mass is 16.6. The Morgan fingerprint density at radius 3 is 2.71 bits per heavy atom. The minimum atomic E-state index is -0.395. The summed E-state index contributed by atoms with van der Waals surface area (Å²) < 4.78 is 0. The Morgan fingerprint density at radius 2 is 2.03 bits per heavy atom. The first kappa shape index (κ1) is 23.0. The number of hydrogen-bond acceptors (Lipinski definition) is 5. The molecule has 9 nitrogen and oxygen atoms in total. The Kier molecular flexibility index (Phi) is 8.63. The summed E-state index contributed by atoms with van der Waals surface area (Å²) in [5.41, 5.74) is 1.01. The summed E-state index contributed by atoms with van der Waals surface area (Å²) in [6.45, 7) is 8.05. The topological polar surface area (TPSA) is 103 Å². The molecule has 170 valence electrons. The van der Waals surface area contributed by atoms with Gasteiger partial charge in [-0.25, -0.2) is 4.99 Å². The van der Waals surface area contributed by atoms with Crippen LogP contribution in [0.1, 0.15) is 44.6 Å². The van der Waals surface area contributed by atoms with Crippen molar-refractivity contribution >= 4 is 17.6 Å². The molecule has 2 aliphatic rings. The maximum Gasteiger partial charge on any atom is 0.269 e. The molecule has 2 saturated heterocycles. The first-order chi connectivity index (χ1) is 15.1. The monoisotopic (exact) mass is 430 g/mol. The molecule has 0 spiro atoms. The van der Waals surface area contributed by atoms with Gasteiger partial charge < -0.3 is 15.5 Å². The van der Waals surface area contributed by atoms with Crippen molar-refractivity contribution < 1.29 is 9.72 Å². The van der Waals surface area contributed by atoms with Gasteiger partial charge in [-0.2, -0.15) is 0 Å². The molecule has 1 amide bonds. The van der Waals surface area contributed by atoms with Gasteiger partial charge in [0.15, 0.2) is 5.96 Å². The molecule has 0 aliphatic carbocycles. The Bertz CT molecular complexity index is 767. The quantitative estimate of drug-likeness (QED) is 0.194. The Labute approximate surface area is 184 Å². The number of hydrogen-bond donors (Lipinski definition) is 2. The molecule has 9 heteroatoms. The van der Waals surface area contributed by atoms with E-state index in [-0.39, 0.29) is 11.6 Å². The second-order valence-electron chi connectivity index (χ2n) is 8.16. The zero-order chi connectivity index (χ0) is 22.1. The lowest BCUT2D eigenvalue weighted by molar-refractivity contribution is -0.384. The fourth-order valence-electron chi connectivity index (χ4n) is 4.24. The number of likely N-dealkylation sites (tertiary alicyclic amines) is 2. The Hall–Kier alpha value is -2.68. The average molecular weight is 431 g/mol. The summed E-state index contributed by atoms with van der Waals surface area (Å²) in [6, 6.07) is 7.02. The van der Waals surface area contributed by atoms with Gasteiger partial charge in [-0.05, 0) is 44.3 Å². The third-order valence-electron chi connectivity index (χ3n) is 6.05. The third kappa shape index (κ3) is 6.92. The van der Waals surface area contributed by atoms with Gasteiger partial charge in [0.05, 0.1) is 11.5 Å². The summed E-state index contributed by atoms with van der Waals surface area (Å²) in [7, 11) is 0. The molecule has 31 heavy (non-hydrogen) atoms. The molecular weight excluding hydrogens is 396 g/mol. The van der Waals surface area contributed by atoms with Gasteiger partial charge >= 0.3 is 0 Å². The number of nitro benzene ring substituents is 1. The molecule has 0 radical (unpaired) electrons. The number of carbonyl (C=O) groups is 1. The Balaban J connectivity index is 1.53. The van der Waals surface area contributed by atoms with Crippen LogP contribution in [0.4, 0.5) is 5.69 Å². The van der Waals surface area contributed by atoms with Crippen LogP contribution in [0.5, 0.6) is 0 Å². The fourth-order valence-corrected chi connectivity index (χ4v) is 4.24. The minimum absolute atomic E-state index is 0.0848. The van der Waals surface area contributed by atoms with Crippen LogP contribution in [-0.2, 0) is 11.3 Å². The lowest BCUT2D eigenvalue weighted by atomic mass is 10.2. The summed E-state index contributed by atoms with van der Waals surface area (Å²) in [6.07, 6.45) is 4.92. The molecule has 0 saturated carbocycles. The highest BCUT2D eigenvalue weighted by molar-refractivity contribution is 5.80. The minimum Gasteiger partial charge on any atom is -0.356 e. The van der Waals surface area contributed by atoms with Gasteiger partial charge in [0.2, 0.25) is 5.91 Å². The van der Waals surface area contributed by atoms with Crippen LogP contribution in [0.3, 0.4) is 0 Å². The zero-order valence-electron chi connectivity index (χ0n) is 18.4. The second-order valence-corrected chi connectivity index (χ2v) is 8.16. The largest absolute Gasteiger partial charge is 0.356 e. The zero-order valence-corrected chi connectivity index (χ0v) is 18.4. The molecule has 1 aromatic rings. The van der Waals surface area contributed by atoms with Crippen LogP contribution in [0.2, 0.25) is 0 Å². The van der Waals surface area contributed by atoms with E-state index in [4.69, 9.17) is 4.99 Å². The molecule has 2 aliphatic heterocycles. The molecule has 2 N–H and O–H groups in total. The van der Waals surface area contributed by atoms with Gasteiger partial charge in [-0.15, -0.1) is 0 Å². The maximum atomic E-state index is 11.8. The van der Waals surface area contributed by atoms with Crippen molar-refractivity contribution in [3.8, 4) is 0 Å². The predicted molar refractivity (Wildman–Crippen MR) is 121 cm³/mol. The highest BCUT2D eigenvalue weighted by Crippen LogP contribution is 2.16. The number of nitrogens with zero attached hydrogens (tertiary/aromatic N) is 4. The lowest BCUT2D eigenvalue weighted by Gasteiger charge is -2.24. The number of rotatable bonds is 10. The molecule has 1 aromatic carbocycles. The van der Waals surface area contributed by atoms with Gasteiger partial charge in [0.25, 0.3) is 5.69 Å². The average Bonchev–Trinajstić information content (AvgIpc) is 3.41. The summed E-state index contributed by atoms with van der Waals surface area (Å²) in [5.74, 6) is 1.00. The molecule has 0 aromatic heterocycles. The molecule has 0 bridgehead atoms. The van der Waals surface area contributed by atoms with Crippen molar-refractivity contribution in [3.63, 3.8) is 0 Å². The van der Waals surface area contributed by atoms with Crippen LogP contribution in [0.15, 0.2) is 29.3 Å². The summed E-state index contributed by atoms with van der Waals surface area (Å²) in [5, 5.41) is 17.7. The smallest absolute Gasteiger partial charge is 0.269 e. The number of carbonyl (C=O) groups excluding carboxylic acids is 1. The van der Waals surface area contributed by atoms with Crippen LogP contribution in [0.25, 0.3) is 0 Å². The highest BCUT2D eigenvalue weighted by Gasteiger charge is 2.23. The van der Waals surface area contributed by atoms with Gasteiger partial charge in [0, 0.05) is 50.8 Å². The van der Waals surface area contributed by atoms with Crippen LogP contribution in [0, 0.1) is 10.1 Å². The first-order valence-electron chi connectivity index (χ1n) is 11.3. The van der Waals surface area contributed by atoms with Crippen molar-refractivity contribution in [2.75, 3.05) is 39.3 Å². The van der Waals surface area contributed by atoms with Crippen molar-refractivity contribution in [2.24, 2.45) is 4.99 Å². The number of nitrogens with one attached hydrogen (secondary N) is 2. The number of non-ortho nitro benzene ring substituents is 1. The van der Waals surface area contributed by atoms with Gasteiger partial charge in [-0.1, -0.05) is 19.1 Å². The van der Waals surface area contributed by atoms with E-state index in [9.17, 15) is 14.9 Å². The van der Waals surface area contributed by atoms with Crippen LogP contribution >= 0.6 is 0 Å². The Morgan fingerprint density at radius 1 is 1.23 bits per heavy atom.